The second-order valence-electron chi connectivity index (χ2n) is 5.39. The van der Waals surface area contributed by atoms with Crippen LogP contribution in [0, 0.1) is 6.92 Å². The number of carbonyl (C=O) groups excluding carboxylic acids is 1. The van der Waals surface area contributed by atoms with Crippen LogP contribution in [0.5, 0.6) is 11.5 Å². The van der Waals surface area contributed by atoms with E-state index in [0.717, 1.165) is 5.01 Å². The van der Waals surface area contributed by atoms with Crippen molar-refractivity contribution in [3.63, 3.8) is 0 Å². The molecule has 1 amide bonds. The van der Waals surface area contributed by atoms with E-state index in [2.05, 4.69) is 10.3 Å². The number of aromatic nitrogens is 1. The van der Waals surface area contributed by atoms with E-state index in [1.165, 1.54) is 37.7 Å². The minimum atomic E-state index is -1.17. The molecule has 1 heterocycles. The molecule has 26 heavy (non-hydrogen) atoms. The van der Waals surface area contributed by atoms with E-state index in [1.807, 2.05) is 6.92 Å². The number of carbonyl (C=O) groups is 2. The van der Waals surface area contributed by atoms with Gasteiger partial charge in [-0.1, -0.05) is 0 Å². The van der Waals surface area contributed by atoms with Crippen LogP contribution in [-0.2, 0) is 0 Å². The van der Waals surface area contributed by atoms with Crippen LogP contribution in [0.15, 0.2) is 30.3 Å². The lowest BCUT2D eigenvalue weighted by molar-refractivity contribution is 0.0697. The Bertz CT molecular complexity index is 1010. The first kappa shape index (κ1) is 17.7. The molecule has 0 fully saturated rings. The molecule has 0 unspecified atom stereocenters. The number of nitrogens with zero attached hydrogens (tertiary/aromatic N) is 1. The Balaban J connectivity index is 2.06. The first-order valence-corrected chi connectivity index (χ1v) is 8.43. The predicted molar refractivity (Wildman–Crippen MR) is 98.8 cm³/mol. The Labute approximate surface area is 153 Å². The molecule has 0 atom stereocenters. The molecule has 7 nitrogen and oxygen atoms in total. The summed E-state index contributed by atoms with van der Waals surface area (Å²) in [5, 5.41) is 12.9. The average Bonchev–Trinajstić information content (AvgIpc) is 3.00. The number of thiazole rings is 1. The summed E-state index contributed by atoms with van der Waals surface area (Å²) in [4.78, 5) is 28.8. The van der Waals surface area contributed by atoms with Gasteiger partial charge in [-0.15, -0.1) is 11.3 Å². The van der Waals surface area contributed by atoms with Crippen LogP contribution in [0.3, 0.4) is 0 Å². The lowest BCUT2D eigenvalue weighted by Crippen LogP contribution is -2.16. The third-order valence-electron chi connectivity index (χ3n) is 3.78. The number of ether oxygens (including phenoxy) is 2. The fourth-order valence-electron chi connectivity index (χ4n) is 2.59. The molecule has 0 aliphatic carbocycles. The predicted octanol–water partition coefficient (Wildman–Crippen LogP) is 3.57. The number of rotatable bonds is 5. The molecule has 0 saturated heterocycles. The van der Waals surface area contributed by atoms with Crippen molar-refractivity contribution in [1.82, 2.24) is 4.98 Å². The third kappa shape index (κ3) is 3.18. The molecule has 0 aliphatic heterocycles. The van der Waals surface area contributed by atoms with Gasteiger partial charge in [0.05, 0.1) is 40.7 Å². The van der Waals surface area contributed by atoms with Crippen molar-refractivity contribution in [2.45, 2.75) is 6.92 Å². The summed E-state index contributed by atoms with van der Waals surface area (Å²) in [5.41, 5.74) is 1.11. The normalized spacial score (nSPS) is 10.6. The molecular weight excluding hydrogens is 356 g/mol. The Kier molecular flexibility index (Phi) is 4.77. The minimum Gasteiger partial charge on any atom is -0.497 e. The third-order valence-corrected chi connectivity index (χ3v) is 4.78. The lowest BCUT2D eigenvalue weighted by Gasteiger charge is -2.12. The molecule has 0 radical (unpaired) electrons. The number of carboxylic acid groups (broad SMARTS) is 1. The van der Waals surface area contributed by atoms with Crippen LogP contribution >= 0.6 is 11.3 Å². The van der Waals surface area contributed by atoms with Crippen molar-refractivity contribution in [2.75, 3.05) is 19.5 Å². The number of hydrogen-bond donors (Lipinski definition) is 2. The maximum Gasteiger partial charge on any atom is 0.337 e. The number of hydrogen-bond acceptors (Lipinski definition) is 6. The number of aryl methyl sites for hydroxylation is 1. The van der Waals surface area contributed by atoms with Gasteiger partial charge >= 0.3 is 5.97 Å². The average molecular weight is 372 g/mol. The Morgan fingerprint density at radius 2 is 1.92 bits per heavy atom. The standard InChI is InChI=1S/C18H16N2O5S/c1-9-19-13-6-7-14(25-3)15(16(13)26-9)17(21)20-12-5-4-10(24-2)8-11(12)18(22)23/h4-8H,1-3H3,(H,20,21)(H,22,23). The minimum absolute atomic E-state index is 0.0654. The highest BCUT2D eigenvalue weighted by atomic mass is 32.1. The van der Waals surface area contributed by atoms with Crippen LogP contribution in [0.1, 0.15) is 25.7 Å². The fourth-order valence-corrected chi connectivity index (χ4v) is 3.54. The second kappa shape index (κ2) is 7.01. The van der Waals surface area contributed by atoms with Crippen LogP contribution < -0.4 is 14.8 Å². The number of aromatic carboxylic acids is 1. The summed E-state index contributed by atoms with van der Waals surface area (Å²) in [6.07, 6.45) is 0. The lowest BCUT2D eigenvalue weighted by atomic mass is 10.1. The molecule has 2 N–H and O–H groups in total. The fraction of sp³-hybridized carbons (Fsp3) is 0.167. The Morgan fingerprint density at radius 3 is 2.58 bits per heavy atom. The maximum absolute atomic E-state index is 12.9. The highest BCUT2D eigenvalue weighted by Gasteiger charge is 2.21. The van der Waals surface area contributed by atoms with Gasteiger partial charge in [-0.3, -0.25) is 4.79 Å². The van der Waals surface area contributed by atoms with E-state index >= 15 is 0 Å². The van der Waals surface area contributed by atoms with Crippen molar-refractivity contribution >= 4 is 39.1 Å². The summed E-state index contributed by atoms with van der Waals surface area (Å²) in [7, 11) is 2.92. The van der Waals surface area contributed by atoms with Gasteiger partial charge in [0.25, 0.3) is 5.91 Å². The molecule has 134 valence electrons. The summed E-state index contributed by atoms with van der Waals surface area (Å²) in [5.74, 6) is -0.857. The summed E-state index contributed by atoms with van der Waals surface area (Å²) in [6, 6.07) is 7.88. The molecule has 1 aromatic heterocycles. The first-order chi connectivity index (χ1) is 12.4. The number of amides is 1. The zero-order valence-corrected chi connectivity index (χ0v) is 15.1. The molecule has 0 bridgehead atoms. The zero-order valence-electron chi connectivity index (χ0n) is 14.3. The van der Waals surface area contributed by atoms with E-state index in [1.54, 1.807) is 18.2 Å². The van der Waals surface area contributed by atoms with Crippen LogP contribution in [0.2, 0.25) is 0 Å². The van der Waals surface area contributed by atoms with Gasteiger partial charge in [0, 0.05) is 0 Å². The molecule has 3 aromatic rings. The van der Waals surface area contributed by atoms with Crippen molar-refractivity contribution in [1.29, 1.82) is 0 Å². The van der Waals surface area contributed by atoms with E-state index < -0.39 is 11.9 Å². The van der Waals surface area contributed by atoms with Gasteiger partial charge < -0.3 is 19.9 Å². The summed E-state index contributed by atoms with van der Waals surface area (Å²) in [6.45, 7) is 1.85. The number of anilines is 1. The van der Waals surface area contributed by atoms with Crippen LogP contribution in [0.4, 0.5) is 5.69 Å². The molecule has 0 aliphatic rings. The van der Waals surface area contributed by atoms with Gasteiger partial charge in [0.1, 0.15) is 17.1 Å². The highest BCUT2D eigenvalue weighted by molar-refractivity contribution is 7.19. The van der Waals surface area contributed by atoms with E-state index in [4.69, 9.17) is 9.47 Å². The first-order valence-electron chi connectivity index (χ1n) is 7.61. The quantitative estimate of drug-likeness (QED) is 0.710. The van der Waals surface area contributed by atoms with Crippen molar-refractivity contribution in [3.05, 3.63) is 46.5 Å². The van der Waals surface area contributed by atoms with Gasteiger partial charge in [-0.25, -0.2) is 9.78 Å². The number of fused-ring (bicyclic) bond motifs is 1. The number of benzene rings is 2. The Morgan fingerprint density at radius 1 is 1.15 bits per heavy atom. The summed E-state index contributed by atoms with van der Waals surface area (Å²) >= 11 is 1.38. The molecule has 2 aromatic carbocycles. The van der Waals surface area contributed by atoms with E-state index in [-0.39, 0.29) is 11.3 Å². The zero-order chi connectivity index (χ0) is 18.8. The molecule has 3 rings (SSSR count). The smallest absolute Gasteiger partial charge is 0.337 e. The van der Waals surface area contributed by atoms with Crippen molar-refractivity contribution < 1.29 is 24.2 Å². The van der Waals surface area contributed by atoms with Crippen LogP contribution in [0.25, 0.3) is 10.2 Å². The molecular formula is C18H16N2O5S. The van der Waals surface area contributed by atoms with E-state index in [9.17, 15) is 14.7 Å². The second-order valence-corrected chi connectivity index (χ2v) is 6.60. The van der Waals surface area contributed by atoms with Crippen molar-refractivity contribution in [3.8, 4) is 11.5 Å². The molecule has 0 spiro atoms. The van der Waals surface area contributed by atoms with Gasteiger partial charge in [0.2, 0.25) is 0 Å². The molecule has 8 heteroatoms. The number of carboxylic acids is 1. The topological polar surface area (TPSA) is 97.8 Å². The molecule has 0 saturated carbocycles. The van der Waals surface area contributed by atoms with Gasteiger partial charge in [0.15, 0.2) is 0 Å². The SMILES string of the molecule is COc1ccc(NC(=O)c2c(OC)ccc3nc(C)sc23)c(C(=O)O)c1. The largest absolute Gasteiger partial charge is 0.497 e. The van der Waals surface area contributed by atoms with Crippen molar-refractivity contribution in [2.24, 2.45) is 0 Å². The highest BCUT2D eigenvalue weighted by Crippen LogP contribution is 2.33. The van der Waals surface area contributed by atoms with E-state index in [0.29, 0.717) is 27.3 Å². The monoisotopic (exact) mass is 372 g/mol. The van der Waals surface area contributed by atoms with Gasteiger partial charge in [-0.2, -0.15) is 0 Å². The Hall–Kier alpha value is -3.13. The van der Waals surface area contributed by atoms with Crippen LogP contribution in [-0.4, -0.2) is 36.2 Å². The maximum atomic E-state index is 12.9. The van der Waals surface area contributed by atoms with Gasteiger partial charge in [-0.05, 0) is 37.3 Å². The number of nitrogens with one attached hydrogen (secondary N) is 1. The summed E-state index contributed by atoms with van der Waals surface area (Å²) < 4.78 is 11.0. The number of methoxy groups -OCH3 is 2.